The van der Waals surface area contributed by atoms with Crippen LogP contribution in [-0.4, -0.2) is 18.8 Å². The molecule has 0 N–H and O–H groups in total. The maximum absolute atomic E-state index is 13.7. The molecule has 28 heavy (non-hydrogen) atoms. The van der Waals surface area contributed by atoms with Crippen LogP contribution in [0.2, 0.25) is 0 Å². The van der Waals surface area contributed by atoms with Gasteiger partial charge in [0, 0.05) is 4.43 Å². The number of carbonyl (C=O) groups is 1. The molecule has 0 bridgehead atoms. The number of alkyl halides is 1. The first-order valence-corrected chi connectivity index (χ1v) is 11.8. The molecule has 0 aliphatic carbocycles. The Morgan fingerprint density at radius 2 is 1.50 bits per heavy atom. The Hall–Kier alpha value is -2.19. The molecule has 1 aliphatic rings. The minimum atomic E-state index is -4.03. The molecule has 0 fully saturated rings. The lowest BCUT2D eigenvalue weighted by atomic mass is 9.77. The van der Waals surface area contributed by atoms with E-state index in [4.69, 9.17) is 0 Å². The van der Waals surface area contributed by atoms with Crippen molar-refractivity contribution >= 4 is 44.2 Å². The van der Waals surface area contributed by atoms with Crippen LogP contribution in [0.25, 0.3) is 0 Å². The molecule has 1 aliphatic heterocycles. The van der Waals surface area contributed by atoms with E-state index in [2.05, 4.69) is 22.6 Å². The first kappa shape index (κ1) is 19.1. The molecule has 0 saturated heterocycles. The minimum absolute atomic E-state index is 0.110. The Morgan fingerprint density at radius 3 is 2.14 bits per heavy atom. The molecule has 0 saturated carbocycles. The summed E-state index contributed by atoms with van der Waals surface area (Å²) in [5.41, 5.74) is 1.86. The van der Waals surface area contributed by atoms with Crippen LogP contribution in [0.5, 0.6) is 0 Å². The average molecular weight is 503 g/mol. The lowest BCUT2D eigenvalue weighted by Crippen LogP contribution is -2.45. The van der Waals surface area contributed by atoms with Crippen molar-refractivity contribution in [2.75, 3.05) is 8.73 Å². The Balaban J connectivity index is 1.97. The van der Waals surface area contributed by atoms with Crippen molar-refractivity contribution in [3.8, 4) is 0 Å². The standard InChI is InChI=1S/C22H18INO3S/c1-16-11-13-18(14-12-16)28(26,27)24-20-10-6-5-9-19(20)22(15-23,21(24)25)17-7-3-2-4-8-17/h2-14H,15H2,1H3/t22-/m0/s1. The summed E-state index contributed by atoms with van der Waals surface area (Å²) in [6.45, 7) is 1.89. The summed E-state index contributed by atoms with van der Waals surface area (Å²) in [7, 11) is -4.03. The number of hydrogen-bond donors (Lipinski definition) is 0. The second-order valence-corrected chi connectivity index (χ2v) is 9.36. The maximum Gasteiger partial charge on any atom is 0.270 e. The smallest absolute Gasteiger partial charge is 0.270 e. The number of rotatable bonds is 4. The zero-order chi connectivity index (χ0) is 19.9. The molecule has 1 atom stereocenters. The zero-order valence-corrected chi connectivity index (χ0v) is 18.1. The highest BCUT2D eigenvalue weighted by Gasteiger charge is 2.55. The van der Waals surface area contributed by atoms with Gasteiger partial charge in [-0.2, -0.15) is 0 Å². The van der Waals surface area contributed by atoms with Crippen molar-refractivity contribution in [3.63, 3.8) is 0 Å². The van der Waals surface area contributed by atoms with Crippen molar-refractivity contribution in [1.29, 1.82) is 0 Å². The normalized spacial score (nSPS) is 18.9. The Bertz CT molecular complexity index is 1140. The number of carbonyl (C=O) groups excluding carboxylic acids is 1. The molecule has 4 rings (SSSR count). The first-order chi connectivity index (χ1) is 13.4. The van der Waals surface area contributed by atoms with Gasteiger partial charge < -0.3 is 0 Å². The lowest BCUT2D eigenvalue weighted by Gasteiger charge is -2.27. The van der Waals surface area contributed by atoms with Crippen LogP contribution in [-0.2, 0) is 20.2 Å². The average Bonchev–Trinajstić information content (AvgIpc) is 2.98. The highest BCUT2D eigenvalue weighted by Crippen LogP contribution is 2.49. The summed E-state index contributed by atoms with van der Waals surface area (Å²) in [5, 5.41) is 0. The van der Waals surface area contributed by atoms with Gasteiger partial charge in [0.25, 0.3) is 15.9 Å². The van der Waals surface area contributed by atoms with Gasteiger partial charge in [-0.05, 0) is 36.2 Å². The molecule has 3 aromatic rings. The maximum atomic E-state index is 13.7. The van der Waals surface area contributed by atoms with Gasteiger partial charge in [-0.15, -0.1) is 0 Å². The highest BCUT2D eigenvalue weighted by atomic mass is 127. The molecule has 1 heterocycles. The molecule has 3 aromatic carbocycles. The van der Waals surface area contributed by atoms with Crippen LogP contribution in [0.3, 0.4) is 0 Å². The lowest BCUT2D eigenvalue weighted by molar-refractivity contribution is -0.120. The van der Waals surface area contributed by atoms with Gasteiger partial charge in [-0.25, -0.2) is 12.7 Å². The quantitative estimate of drug-likeness (QED) is 0.391. The van der Waals surface area contributed by atoms with Gasteiger partial charge in [0.2, 0.25) is 0 Å². The molecular weight excluding hydrogens is 485 g/mol. The number of nitrogens with zero attached hydrogens (tertiary/aromatic N) is 1. The topological polar surface area (TPSA) is 54.5 Å². The van der Waals surface area contributed by atoms with Gasteiger partial charge in [0.1, 0.15) is 5.41 Å². The second-order valence-electron chi connectivity index (χ2n) is 6.81. The summed E-state index contributed by atoms with van der Waals surface area (Å²) in [6, 6.07) is 23.1. The summed E-state index contributed by atoms with van der Waals surface area (Å²) >= 11 is 2.17. The van der Waals surface area contributed by atoms with E-state index in [1.54, 1.807) is 36.4 Å². The van der Waals surface area contributed by atoms with Crippen molar-refractivity contribution in [2.45, 2.75) is 17.2 Å². The fraction of sp³-hybridized carbons (Fsp3) is 0.136. The Morgan fingerprint density at radius 1 is 0.893 bits per heavy atom. The van der Waals surface area contributed by atoms with E-state index in [1.807, 2.05) is 49.4 Å². The first-order valence-electron chi connectivity index (χ1n) is 8.80. The number of halogens is 1. The predicted octanol–water partition coefficient (Wildman–Crippen LogP) is 4.45. The van der Waals surface area contributed by atoms with E-state index < -0.39 is 21.3 Å². The van der Waals surface area contributed by atoms with Crippen LogP contribution in [0.1, 0.15) is 16.7 Å². The van der Waals surface area contributed by atoms with Crippen LogP contribution in [0.15, 0.2) is 83.8 Å². The van der Waals surface area contributed by atoms with Gasteiger partial charge in [0.15, 0.2) is 0 Å². The molecule has 0 unspecified atom stereocenters. The Labute approximate surface area is 178 Å². The number of aryl methyl sites for hydroxylation is 1. The molecule has 0 spiro atoms. The summed E-state index contributed by atoms with van der Waals surface area (Å²) in [5.74, 6) is -0.435. The van der Waals surface area contributed by atoms with E-state index in [1.165, 1.54) is 0 Å². The molecule has 0 aromatic heterocycles. The van der Waals surface area contributed by atoms with E-state index in [-0.39, 0.29) is 4.90 Å². The fourth-order valence-electron chi connectivity index (χ4n) is 3.67. The van der Waals surface area contributed by atoms with Crippen molar-refractivity contribution in [2.24, 2.45) is 0 Å². The highest BCUT2D eigenvalue weighted by molar-refractivity contribution is 14.1. The van der Waals surface area contributed by atoms with Crippen LogP contribution >= 0.6 is 22.6 Å². The number of para-hydroxylation sites is 1. The zero-order valence-electron chi connectivity index (χ0n) is 15.2. The number of sulfonamides is 1. The van der Waals surface area contributed by atoms with Gasteiger partial charge in [-0.1, -0.05) is 88.8 Å². The monoisotopic (exact) mass is 503 g/mol. The van der Waals surface area contributed by atoms with E-state index >= 15 is 0 Å². The Kier molecular flexibility index (Phi) is 4.79. The summed E-state index contributed by atoms with van der Waals surface area (Å²) < 4.78 is 28.3. The molecule has 142 valence electrons. The summed E-state index contributed by atoms with van der Waals surface area (Å²) in [4.78, 5) is 13.9. The number of amides is 1. The molecule has 4 nitrogen and oxygen atoms in total. The van der Waals surface area contributed by atoms with Gasteiger partial charge in [-0.3, -0.25) is 4.79 Å². The molecule has 0 radical (unpaired) electrons. The van der Waals surface area contributed by atoms with Crippen LogP contribution in [0.4, 0.5) is 5.69 Å². The molecule has 6 heteroatoms. The largest absolute Gasteiger partial charge is 0.272 e. The van der Waals surface area contributed by atoms with E-state index in [0.29, 0.717) is 10.1 Å². The molecule has 1 amide bonds. The molecular formula is C22H18INO3S. The number of hydrogen-bond acceptors (Lipinski definition) is 3. The van der Waals surface area contributed by atoms with Crippen LogP contribution < -0.4 is 4.31 Å². The van der Waals surface area contributed by atoms with Crippen molar-refractivity contribution < 1.29 is 13.2 Å². The van der Waals surface area contributed by atoms with Crippen molar-refractivity contribution in [1.82, 2.24) is 0 Å². The van der Waals surface area contributed by atoms with Gasteiger partial charge >= 0.3 is 0 Å². The van der Waals surface area contributed by atoms with Gasteiger partial charge in [0.05, 0.1) is 10.6 Å². The number of benzene rings is 3. The third kappa shape index (κ3) is 2.69. The third-order valence-corrected chi connectivity index (χ3v) is 8.01. The SMILES string of the molecule is Cc1ccc(S(=O)(=O)N2C(=O)[C@@](CI)(c3ccccc3)c3ccccc32)cc1. The van der Waals surface area contributed by atoms with E-state index in [9.17, 15) is 13.2 Å². The fourth-order valence-corrected chi connectivity index (χ4v) is 6.33. The third-order valence-electron chi connectivity index (χ3n) is 5.16. The predicted molar refractivity (Wildman–Crippen MR) is 118 cm³/mol. The van der Waals surface area contributed by atoms with Crippen molar-refractivity contribution in [3.05, 3.63) is 95.6 Å². The number of anilines is 1. The number of fused-ring (bicyclic) bond motifs is 1. The van der Waals surface area contributed by atoms with E-state index in [0.717, 1.165) is 21.0 Å². The summed E-state index contributed by atoms with van der Waals surface area (Å²) in [6.07, 6.45) is 0. The minimum Gasteiger partial charge on any atom is -0.272 e. The second kappa shape index (κ2) is 7.00. The van der Waals surface area contributed by atoms with Crippen LogP contribution in [0, 0.1) is 6.92 Å².